The van der Waals surface area contributed by atoms with Crippen molar-refractivity contribution in [3.8, 4) is 0 Å². The molecular formula is C15H16N4. The molecular weight excluding hydrogens is 236 g/mol. The van der Waals surface area contributed by atoms with Crippen LogP contribution in [0, 0.1) is 6.92 Å². The van der Waals surface area contributed by atoms with Crippen molar-refractivity contribution in [1.29, 1.82) is 0 Å². The smallest absolute Gasteiger partial charge is 0.126 e. The number of para-hydroxylation sites is 1. The molecule has 2 N–H and O–H groups in total. The summed E-state index contributed by atoms with van der Waals surface area (Å²) >= 11 is 0. The van der Waals surface area contributed by atoms with Crippen molar-refractivity contribution in [2.24, 2.45) is 7.05 Å². The number of nitrogens with zero attached hydrogens (tertiary/aromatic N) is 3. The number of aryl methyl sites for hydroxylation is 2. The molecule has 0 unspecified atom stereocenters. The Labute approximate surface area is 111 Å². The predicted octanol–water partition coefficient (Wildman–Crippen LogP) is 2.45. The second-order valence-electron chi connectivity index (χ2n) is 4.82. The molecule has 0 bridgehead atoms. The molecule has 0 aliphatic carbocycles. The number of hydrogen-bond acceptors (Lipinski definition) is 3. The zero-order valence-corrected chi connectivity index (χ0v) is 11.1. The molecule has 1 aromatic carbocycles. The quantitative estimate of drug-likeness (QED) is 0.762. The highest BCUT2D eigenvalue weighted by Crippen LogP contribution is 2.22. The van der Waals surface area contributed by atoms with E-state index in [9.17, 15) is 0 Å². The number of anilines is 1. The number of pyridine rings is 1. The third-order valence-electron chi connectivity index (χ3n) is 3.33. The minimum atomic E-state index is 0.584. The summed E-state index contributed by atoms with van der Waals surface area (Å²) in [4.78, 5) is 4.20. The fourth-order valence-electron chi connectivity index (χ4n) is 2.38. The topological polar surface area (TPSA) is 56.7 Å². The van der Waals surface area contributed by atoms with Crippen LogP contribution in [0.2, 0.25) is 0 Å². The zero-order chi connectivity index (χ0) is 13.4. The number of benzene rings is 1. The molecule has 0 amide bonds. The first-order valence-corrected chi connectivity index (χ1v) is 6.27. The lowest BCUT2D eigenvalue weighted by atomic mass is 10.1. The monoisotopic (exact) mass is 252 g/mol. The van der Waals surface area contributed by atoms with Crippen LogP contribution in [0.1, 0.15) is 16.8 Å². The van der Waals surface area contributed by atoms with Crippen molar-refractivity contribution in [2.75, 3.05) is 5.73 Å². The number of rotatable bonds is 2. The fraction of sp³-hybridized carbons (Fsp3) is 0.200. The molecule has 96 valence electrons. The SMILES string of the molecule is Cc1cnc(N)c(Cc2nn(C)c3ccccc23)c1. The second-order valence-corrected chi connectivity index (χ2v) is 4.82. The molecule has 0 saturated carbocycles. The largest absolute Gasteiger partial charge is 0.383 e. The van der Waals surface area contributed by atoms with Gasteiger partial charge in [-0.3, -0.25) is 4.68 Å². The van der Waals surface area contributed by atoms with E-state index >= 15 is 0 Å². The minimum absolute atomic E-state index is 0.584. The Morgan fingerprint density at radius 1 is 1.26 bits per heavy atom. The Hall–Kier alpha value is -2.36. The first-order chi connectivity index (χ1) is 9.15. The van der Waals surface area contributed by atoms with Gasteiger partial charge in [-0.2, -0.15) is 5.10 Å². The van der Waals surface area contributed by atoms with Crippen LogP contribution < -0.4 is 5.73 Å². The van der Waals surface area contributed by atoms with Gasteiger partial charge in [-0.25, -0.2) is 4.98 Å². The molecule has 0 aliphatic heterocycles. The van der Waals surface area contributed by atoms with Gasteiger partial charge in [-0.05, 0) is 18.6 Å². The molecule has 4 heteroatoms. The van der Waals surface area contributed by atoms with Crippen LogP contribution in [0.25, 0.3) is 10.9 Å². The van der Waals surface area contributed by atoms with Crippen molar-refractivity contribution >= 4 is 16.7 Å². The Morgan fingerprint density at radius 2 is 2.05 bits per heavy atom. The van der Waals surface area contributed by atoms with Crippen molar-refractivity contribution < 1.29 is 0 Å². The summed E-state index contributed by atoms with van der Waals surface area (Å²) in [6.45, 7) is 2.02. The van der Waals surface area contributed by atoms with Gasteiger partial charge in [-0.1, -0.05) is 24.3 Å². The van der Waals surface area contributed by atoms with Gasteiger partial charge < -0.3 is 5.73 Å². The molecule has 2 heterocycles. The first-order valence-electron chi connectivity index (χ1n) is 6.27. The molecule has 0 spiro atoms. The molecule has 19 heavy (non-hydrogen) atoms. The average molecular weight is 252 g/mol. The predicted molar refractivity (Wildman–Crippen MR) is 76.9 cm³/mol. The van der Waals surface area contributed by atoms with Crippen molar-refractivity contribution in [3.05, 3.63) is 53.3 Å². The van der Waals surface area contributed by atoms with Crippen molar-refractivity contribution in [2.45, 2.75) is 13.3 Å². The summed E-state index contributed by atoms with van der Waals surface area (Å²) in [5, 5.41) is 5.76. The van der Waals surface area contributed by atoms with E-state index in [0.29, 0.717) is 12.2 Å². The van der Waals surface area contributed by atoms with E-state index in [-0.39, 0.29) is 0 Å². The van der Waals surface area contributed by atoms with Crippen molar-refractivity contribution in [1.82, 2.24) is 14.8 Å². The van der Waals surface area contributed by atoms with Crippen LogP contribution in [-0.2, 0) is 13.5 Å². The van der Waals surface area contributed by atoms with Gasteiger partial charge >= 0.3 is 0 Å². The summed E-state index contributed by atoms with van der Waals surface area (Å²) in [7, 11) is 1.96. The number of nitrogen functional groups attached to an aromatic ring is 1. The average Bonchev–Trinajstić information content (AvgIpc) is 2.72. The number of nitrogens with two attached hydrogens (primary N) is 1. The van der Waals surface area contributed by atoms with Crippen LogP contribution >= 0.6 is 0 Å². The molecule has 3 aromatic rings. The molecule has 0 saturated heterocycles. The number of fused-ring (bicyclic) bond motifs is 1. The third kappa shape index (κ3) is 2.05. The molecule has 2 aromatic heterocycles. The summed E-state index contributed by atoms with van der Waals surface area (Å²) in [5.74, 6) is 0.584. The zero-order valence-electron chi connectivity index (χ0n) is 11.1. The summed E-state index contributed by atoms with van der Waals surface area (Å²) in [6, 6.07) is 10.3. The fourth-order valence-corrected chi connectivity index (χ4v) is 2.38. The van der Waals surface area contributed by atoms with Crippen LogP contribution in [0.5, 0.6) is 0 Å². The highest BCUT2D eigenvalue weighted by atomic mass is 15.3. The van der Waals surface area contributed by atoms with Crippen LogP contribution in [0.4, 0.5) is 5.82 Å². The lowest BCUT2D eigenvalue weighted by Gasteiger charge is -2.04. The molecule has 0 radical (unpaired) electrons. The van der Waals surface area contributed by atoms with Gasteiger partial charge in [0.1, 0.15) is 5.82 Å². The highest BCUT2D eigenvalue weighted by Gasteiger charge is 2.10. The molecule has 0 atom stereocenters. The minimum Gasteiger partial charge on any atom is -0.383 e. The first kappa shape index (κ1) is 11.7. The van der Waals surface area contributed by atoms with Gasteiger partial charge in [-0.15, -0.1) is 0 Å². The number of hydrogen-bond donors (Lipinski definition) is 1. The third-order valence-corrected chi connectivity index (χ3v) is 3.33. The van der Waals surface area contributed by atoms with E-state index in [2.05, 4.69) is 28.3 Å². The standard InChI is InChI=1S/C15H16N4/c1-10-7-11(15(16)17-9-10)8-13-12-5-3-4-6-14(12)19(2)18-13/h3-7,9H,8H2,1-2H3,(H2,16,17). The molecule has 0 fully saturated rings. The van der Waals surface area contributed by atoms with Gasteiger partial charge in [0.25, 0.3) is 0 Å². The van der Waals surface area contributed by atoms with E-state index in [1.54, 1.807) is 6.20 Å². The van der Waals surface area contributed by atoms with Gasteiger partial charge in [0.2, 0.25) is 0 Å². The lowest BCUT2D eigenvalue weighted by molar-refractivity contribution is 0.774. The van der Waals surface area contributed by atoms with Crippen LogP contribution in [-0.4, -0.2) is 14.8 Å². The maximum Gasteiger partial charge on any atom is 0.126 e. The molecule has 0 aliphatic rings. The van der Waals surface area contributed by atoms with Crippen molar-refractivity contribution in [3.63, 3.8) is 0 Å². The normalized spacial score (nSPS) is 11.1. The highest BCUT2D eigenvalue weighted by molar-refractivity contribution is 5.82. The maximum absolute atomic E-state index is 5.94. The van der Waals surface area contributed by atoms with E-state index < -0.39 is 0 Å². The summed E-state index contributed by atoms with van der Waals surface area (Å²) in [6.07, 6.45) is 2.50. The Morgan fingerprint density at radius 3 is 2.89 bits per heavy atom. The maximum atomic E-state index is 5.94. The van der Waals surface area contributed by atoms with E-state index in [1.807, 2.05) is 30.8 Å². The van der Waals surface area contributed by atoms with Gasteiger partial charge in [0.05, 0.1) is 11.2 Å². The summed E-state index contributed by atoms with van der Waals surface area (Å²) in [5.41, 5.74) is 10.3. The Bertz CT molecular complexity index is 743. The van der Waals surface area contributed by atoms with Gasteiger partial charge in [0, 0.05) is 30.6 Å². The second kappa shape index (κ2) is 4.39. The van der Waals surface area contributed by atoms with E-state index in [4.69, 9.17) is 5.73 Å². The molecule has 3 rings (SSSR count). The van der Waals surface area contributed by atoms with E-state index in [1.165, 1.54) is 5.39 Å². The van der Waals surface area contributed by atoms with E-state index in [0.717, 1.165) is 22.3 Å². The Kier molecular flexibility index (Phi) is 2.71. The number of aromatic nitrogens is 3. The van der Waals surface area contributed by atoms with Gasteiger partial charge in [0.15, 0.2) is 0 Å². The van der Waals surface area contributed by atoms with Crippen LogP contribution in [0.3, 0.4) is 0 Å². The van der Waals surface area contributed by atoms with Crippen LogP contribution in [0.15, 0.2) is 36.5 Å². The lowest BCUT2D eigenvalue weighted by Crippen LogP contribution is -2.00. The summed E-state index contributed by atoms with van der Waals surface area (Å²) < 4.78 is 1.91. The molecule has 4 nitrogen and oxygen atoms in total. The Balaban J connectivity index is 2.08.